The van der Waals surface area contributed by atoms with Crippen molar-refractivity contribution in [3.63, 3.8) is 0 Å². The van der Waals surface area contributed by atoms with Crippen LogP contribution in [0.25, 0.3) is 0 Å². The number of hydrogen-bond donors (Lipinski definition) is 1. The van der Waals surface area contributed by atoms with Gasteiger partial charge in [-0.1, -0.05) is 6.92 Å². The zero-order valence-electron chi connectivity index (χ0n) is 12.9. The Balaban J connectivity index is 2.42. The van der Waals surface area contributed by atoms with Crippen LogP contribution in [0.2, 0.25) is 0 Å². The monoisotopic (exact) mass is 297 g/mol. The highest BCUT2D eigenvalue weighted by atomic mass is 19.1. The lowest BCUT2D eigenvalue weighted by molar-refractivity contribution is -0.148. The van der Waals surface area contributed by atoms with Crippen molar-refractivity contribution in [3.05, 3.63) is 30.1 Å². The number of carbonyl (C=O) groups excluding carboxylic acids is 1. The predicted octanol–water partition coefficient (Wildman–Crippen LogP) is 2.92. The Hall–Kier alpha value is -1.62. The smallest absolute Gasteiger partial charge is 0.325 e. The first-order valence-corrected chi connectivity index (χ1v) is 7.23. The summed E-state index contributed by atoms with van der Waals surface area (Å²) in [6.45, 7) is 5.10. The standard InChI is InChI=1S/C16H24FNO3/c1-4-11-18-16(2,15(19)20-3)10-5-12-21-14-8-6-13(17)7-9-14/h6-9,18H,4-5,10-12H2,1-3H3. The maximum absolute atomic E-state index is 12.8. The third kappa shape index (κ3) is 5.71. The summed E-state index contributed by atoms with van der Waals surface area (Å²) in [6, 6.07) is 5.89. The molecule has 118 valence electrons. The third-order valence-corrected chi connectivity index (χ3v) is 3.30. The molecular weight excluding hydrogens is 273 g/mol. The van der Waals surface area contributed by atoms with Gasteiger partial charge in [-0.15, -0.1) is 0 Å². The first-order chi connectivity index (χ1) is 10.0. The van der Waals surface area contributed by atoms with E-state index in [2.05, 4.69) is 5.32 Å². The minimum atomic E-state index is -0.698. The average molecular weight is 297 g/mol. The van der Waals surface area contributed by atoms with Gasteiger partial charge in [-0.05, 0) is 57.0 Å². The zero-order chi connectivity index (χ0) is 15.7. The number of carbonyl (C=O) groups is 1. The molecule has 1 aromatic rings. The van der Waals surface area contributed by atoms with Crippen LogP contribution in [0.4, 0.5) is 4.39 Å². The molecule has 0 amide bonds. The number of benzene rings is 1. The number of rotatable bonds is 9. The summed E-state index contributed by atoms with van der Waals surface area (Å²) in [5.41, 5.74) is -0.698. The van der Waals surface area contributed by atoms with Crippen LogP contribution in [-0.4, -0.2) is 31.8 Å². The second-order valence-electron chi connectivity index (χ2n) is 5.16. The largest absolute Gasteiger partial charge is 0.494 e. The van der Waals surface area contributed by atoms with Crippen LogP contribution in [-0.2, 0) is 9.53 Å². The molecule has 1 aromatic carbocycles. The van der Waals surface area contributed by atoms with Gasteiger partial charge in [0.05, 0.1) is 13.7 Å². The van der Waals surface area contributed by atoms with Gasteiger partial charge in [-0.2, -0.15) is 0 Å². The Kier molecular flexibility index (Phi) is 7.15. The summed E-state index contributed by atoms with van der Waals surface area (Å²) in [7, 11) is 1.39. The summed E-state index contributed by atoms with van der Waals surface area (Å²) >= 11 is 0. The van der Waals surface area contributed by atoms with Crippen molar-refractivity contribution in [2.45, 2.75) is 38.6 Å². The minimum absolute atomic E-state index is 0.266. The van der Waals surface area contributed by atoms with E-state index >= 15 is 0 Å². The Labute approximate surface area is 125 Å². The van der Waals surface area contributed by atoms with Crippen LogP contribution in [0.1, 0.15) is 33.1 Å². The molecule has 0 heterocycles. The van der Waals surface area contributed by atoms with Gasteiger partial charge in [-0.25, -0.2) is 4.39 Å². The van der Waals surface area contributed by atoms with Crippen LogP contribution >= 0.6 is 0 Å². The van der Waals surface area contributed by atoms with Gasteiger partial charge in [0, 0.05) is 0 Å². The van der Waals surface area contributed by atoms with E-state index < -0.39 is 5.54 Å². The summed E-state index contributed by atoms with van der Waals surface area (Å²) in [5, 5.41) is 3.22. The molecule has 1 atom stereocenters. The van der Waals surface area contributed by atoms with Gasteiger partial charge in [0.25, 0.3) is 0 Å². The summed E-state index contributed by atoms with van der Waals surface area (Å²) < 4.78 is 23.1. The van der Waals surface area contributed by atoms with Crippen LogP contribution in [0, 0.1) is 5.82 Å². The molecule has 0 bridgehead atoms. The molecule has 0 saturated heterocycles. The van der Waals surface area contributed by atoms with Crippen molar-refractivity contribution in [1.29, 1.82) is 0 Å². The maximum Gasteiger partial charge on any atom is 0.325 e. The SMILES string of the molecule is CCCNC(C)(CCCOc1ccc(F)cc1)C(=O)OC. The fraction of sp³-hybridized carbons (Fsp3) is 0.562. The normalized spacial score (nSPS) is 13.5. The Bertz CT molecular complexity index is 436. The second kappa shape index (κ2) is 8.62. The molecule has 0 aliphatic rings. The van der Waals surface area contributed by atoms with Gasteiger partial charge in [0.2, 0.25) is 0 Å². The van der Waals surface area contributed by atoms with E-state index in [9.17, 15) is 9.18 Å². The Morgan fingerprint density at radius 3 is 2.57 bits per heavy atom. The second-order valence-corrected chi connectivity index (χ2v) is 5.16. The Morgan fingerprint density at radius 1 is 1.33 bits per heavy atom. The van der Waals surface area contributed by atoms with Gasteiger partial charge in [-0.3, -0.25) is 4.79 Å². The number of nitrogens with one attached hydrogen (secondary N) is 1. The number of halogens is 1. The summed E-state index contributed by atoms with van der Waals surface area (Å²) in [6.07, 6.45) is 2.25. The van der Waals surface area contributed by atoms with Crippen LogP contribution < -0.4 is 10.1 Å². The highest BCUT2D eigenvalue weighted by molar-refractivity contribution is 5.80. The van der Waals surface area contributed by atoms with Gasteiger partial charge >= 0.3 is 5.97 Å². The highest BCUT2D eigenvalue weighted by Crippen LogP contribution is 2.16. The number of esters is 1. The fourth-order valence-electron chi connectivity index (χ4n) is 2.04. The molecule has 1 unspecified atom stereocenters. The van der Waals surface area contributed by atoms with E-state index in [1.54, 1.807) is 12.1 Å². The predicted molar refractivity (Wildman–Crippen MR) is 79.8 cm³/mol. The Morgan fingerprint density at radius 2 is 2.00 bits per heavy atom. The van der Waals surface area contributed by atoms with E-state index in [-0.39, 0.29) is 11.8 Å². The first-order valence-electron chi connectivity index (χ1n) is 7.23. The van der Waals surface area contributed by atoms with Crippen LogP contribution in [0.15, 0.2) is 24.3 Å². The lowest BCUT2D eigenvalue weighted by Gasteiger charge is -2.28. The van der Waals surface area contributed by atoms with E-state index in [1.165, 1.54) is 19.2 Å². The minimum Gasteiger partial charge on any atom is -0.494 e. The van der Waals surface area contributed by atoms with Crippen molar-refractivity contribution in [3.8, 4) is 5.75 Å². The third-order valence-electron chi connectivity index (χ3n) is 3.30. The summed E-state index contributed by atoms with van der Waals surface area (Å²) in [4.78, 5) is 11.9. The molecule has 0 aliphatic carbocycles. The van der Waals surface area contributed by atoms with E-state index in [4.69, 9.17) is 9.47 Å². The van der Waals surface area contributed by atoms with Crippen molar-refractivity contribution >= 4 is 5.97 Å². The molecule has 4 nitrogen and oxygen atoms in total. The lowest BCUT2D eigenvalue weighted by Crippen LogP contribution is -2.50. The van der Waals surface area contributed by atoms with Gasteiger partial charge < -0.3 is 14.8 Å². The van der Waals surface area contributed by atoms with E-state index in [1.807, 2.05) is 13.8 Å². The molecule has 0 spiro atoms. The molecule has 1 rings (SSSR count). The topological polar surface area (TPSA) is 47.6 Å². The number of ether oxygens (including phenoxy) is 2. The quantitative estimate of drug-likeness (QED) is 0.562. The van der Waals surface area contributed by atoms with Crippen molar-refractivity contribution in [2.75, 3.05) is 20.3 Å². The van der Waals surface area contributed by atoms with E-state index in [0.29, 0.717) is 25.2 Å². The summed E-state index contributed by atoms with van der Waals surface area (Å²) in [5.74, 6) is 0.0693. The molecule has 0 saturated carbocycles. The molecular formula is C16H24FNO3. The molecule has 1 N–H and O–H groups in total. The molecule has 0 aromatic heterocycles. The van der Waals surface area contributed by atoms with E-state index in [0.717, 1.165) is 13.0 Å². The highest BCUT2D eigenvalue weighted by Gasteiger charge is 2.32. The average Bonchev–Trinajstić information content (AvgIpc) is 2.50. The van der Waals surface area contributed by atoms with Crippen molar-refractivity contribution < 1.29 is 18.7 Å². The maximum atomic E-state index is 12.8. The van der Waals surface area contributed by atoms with Crippen molar-refractivity contribution in [2.24, 2.45) is 0 Å². The number of hydrogen-bond acceptors (Lipinski definition) is 4. The van der Waals surface area contributed by atoms with Gasteiger partial charge in [0.1, 0.15) is 17.1 Å². The van der Waals surface area contributed by atoms with Crippen LogP contribution in [0.5, 0.6) is 5.75 Å². The molecule has 0 aliphatic heterocycles. The molecule has 0 fully saturated rings. The molecule has 5 heteroatoms. The lowest BCUT2D eigenvalue weighted by atomic mass is 9.96. The zero-order valence-corrected chi connectivity index (χ0v) is 12.9. The van der Waals surface area contributed by atoms with Crippen molar-refractivity contribution in [1.82, 2.24) is 5.32 Å². The molecule has 21 heavy (non-hydrogen) atoms. The number of methoxy groups -OCH3 is 1. The molecule has 0 radical (unpaired) electrons. The fourth-order valence-corrected chi connectivity index (χ4v) is 2.04. The van der Waals surface area contributed by atoms with Crippen LogP contribution in [0.3, 0.4) is 0 Å². The van der Waals surface area contributed by atoms with Gasteiger partial charge in [0.15, 0.2) is 0 Å². The first kappa shape index (κ1) is 17.4.